The highest BCUT2D eigenvalue weighted by molar-refractivity contribution is 7.01. The largest absolute Gasteiger partial charge is 0.310 e. The zero-order valence-corrected chi connectivity index (χ0v) is 37.6. The van der Waals surface area contributed by atoms with Gasteiger partial charge in [0.15, 0.2) is 0 Å². The summed E-state index contributed by atoms with van der Waals surface area (Å²) in [6, 6.07) is 52.6. The second kappa shape index (κ2) is 12.3. The Bertz CT molecular complexity index is 3400. The lowest BCUT2D eigenvalue weighted by atomic mass is 9.33. The number of hydrogen-bond donors (Lipinski definition) is 0. The summed E-state index contributed by atoms with van der Waals surface area (Å²) in [6.07, 6.45) is 8.35. The van der Waals surface area contributed by atoms with Crippen LogP contribution in [0.25, 0.3) is 77.2 Å². The molecule has 4 fully saturated rings. The van der Waals surface area contributed by atoms with Crippen LogP contribution in [-0.4, -0.2) is 15.8 Å². The van der Waals surface area contributed by atoms with Crippen molar-refractivity contribution in [1.29, 1.82) is 0 Å². The average Bonchev–Trinajstić information content (AvgIpc) is 3.79. The Labute approximate surface area is 372 Å². The van der Waals surface area contributed by atoms with Crippen LogP contribution in [0, 0.1) is 17.8 Å². The first kappa shape index (κ1) is 36.7. The summed E-state index contributed by atoms with van der Waals surface area (Å²) in [5.41, 5.74) is 21.1. The molecule has 63 heavy (non-hydrogen) atoms. The van der Waals surface area contributed by atoms with E-state index in [2.05, 4.69) is 184 Å². The van der Waals surface area contributed by atoms with Gasteiger partial charge < -0.3 is 9.13 Å². The lowest BCUT2D eigenvalue weighted by Gasteiger charge is -2.57. The molecule has 6 aliphatic rings. The quantitative estimate of drug-likeness (QED) is 0.157. The number of hydrogen-bond acceptors (Lipinski definition) is 0. The van der Waals surface area contributed by atoms with Crippen molar-refractivity contribution in [2.45, 2.75) is 96.3 Å². The van der Waals surface area contributed by atoms with Crippen LogP contribution in [0.4, 0.5) is 0 Å². The van der Waals surface area contributed by atoms with Gasteiger partial charge in [0.2, 0.25) is 0 Å². The van der Waals surface area contributed by atoms with Gasteiger partial charge in [-0.15, -0.1) is 0 Å². The molecule has 4 bridgehead atoms. The Balaban J connectivity index is 1.22. The molecule has 0 unspecified atom stereocenters. The minimum absolute atomic E-state index is 0.0316. The second-order valence-electron chi connectivity index (χ2n) is 22.8. The molecule has 0 saturated heterocycles. The maximum atomic E-state index is 2.79. The standard InChI is InChI=1S/C60H55BN2/c1-58(2,3)41-21-22-49-45(27-41)46-28-42(59(4,5)6)29-48-56(46)62(49)50-30-43(60-32-35-23-36(33-60)25-37(24-35)34-60)31-51-54(50)61(48)53-44-20-14-13-19-40(44)26-47-52(38-15-9-7-10-16-38)55(63(51)57(47)53)39-17-11-8-12-18-39/h7-22,26-31,35-37H,23-25,32-34H2,1-6H3. The third kappa shape index (κ3) is 4.92. The van der Waals surface area contributed by atoms with Gasteiger partial charge in [0.05, 0.1) is 16.7 Å². The van der Waals surface area contributed by atoms with E-state index in [0.717, 1.165) is 17.8 Å². The van der Waals surface area contributed by atoms with E-state index < -0.39 is 0 Å². The molecule has 7 aromatic carbocycles. The molecule has 308 valence electrons. The van der Waals surface area contributed by atoms with E-state index in [1.54, 1.807) is 5.56 Å². The maximum absolute atomic E-state index is 2.79. The summed E-state index contributed by atoms with van der Waals surface area (Å²) in [4.78, 5) is 0. The molecular formula is C60H55BN2. The maximum Gasteiger partial charge on any atom is 0.253 e. The Morgan fingerprint density at radius 3 is 1.78 bits per heavy atom. The Morgan fingerprint density at radius 2 is 1.11 bits per heavy atom. The second-order valence-corrected chi connectivity index (χ2v) is 22.8. The SMILES string of the molecule is CC(C)(C)c1ccc2c(c1)c1cc(C(C)(C)C)cc3c1n2-c1cc(C24CC5CC(CC(C5)C2)C4)cc2c1B3c1c3ccccc3cc3c(-c4ccccc4)c(-c4ccccc4)n-2c13. The van der Waals surface area contributed by atoms with Crippen molar-refractivity contribution in [3.63, 3.8) is 0 Å². The van der Waals surface area contributed by atoms with Crippen LogP contribution in [-0.2, 0) is 16.2 Å². The fourth-order valence-corrected chi connectivity index (χ4v) is 14.5. The molecule has 4 heterocycles. The molecule has 2 aliphatic heterocycles. The van der Waals surface area contributed by atoms with Gasteiger partial charge in [-0.05, 0) is 164 Å². The summed E-state index contributed by atoms with van der Waals surface area (Å²) in [6.45, 7) is 14.4. The zero-order chi connectivity index (χ0) is 42.3. The summed E-state index contributed by atoms with van der Waals surface area (Å²) < 4.78 is 5.54. The number of nitrogens with zero attached hydrogens (tertiary/aromatic N) is 2. The van der Waals surface area contributed by atoms with Crippen LogP contribution in [0.5, 0.6) is 0 Å². The first-order valence-corrected chi connectivity index (χ1v) is 24.0. The van der Waals surface area contributed by atoms with E-state index in [4.69, 9.17) is 0 Å². The van der Waals surface area contributed by atoms with Gasteiger partial charge >= 0.3 is 0 Å². The van der Waals surface area contributed by atoms with Gasteiger partial charge in [-0.25, -0.2) is 0 Å². The number of rotatable bonds is 3. The van der Waals surface area contributed by atoms with Gasteiger partial charge in [0.1, 0.15) is 0 Å². The third-order valence-corrected chi connectivity index (χ3v) is 16.9. The van der Waals surface area contributed by atoms with Crippen molar-refractivity contribution >= 4 is 66.6 Å². The fraction of sp³-hybridized carbons (Fsp3) is 0.300. The first-order valence-electron chi connectivity index (χ1n) is 24.0. The summed E-state index contributed by atoms with van der Waals surface area (Å²) in [7, 11) is 0. The molecular weight excluding hydrogens is 759 g/mol. The molecule has 0 radical (unpaired) electrons. The molecule has 0 N–H and O–H groups in total. The molecule has 4 aliphatic carbocycles. The predicted octanol–water partition coefficient (Wildman–Crippen LogP) is 13.4. The van der Waals surface area contributed by atoms with Crippen molar-refractivity contribution < 1.29 is 0 Å². The number of benzene rings is 7. The molecule has 0 amide bonds. The lowest BCUT2D eigenvalue weighted by Crippen LogP contribution is -2.60. The van der Waals surface area contributed by atoms with Crippen LogP contribution < -0.4 is 16.4 Å². The van der Waals surface area contributed by atoms with Crippen molar-refractivity contribution in [2.75, 3.05) is 0 Å². The van der Waals surface area contributed by atoms with Crippen LogP contribution >= 0.6 is 0 Å². The monoisotopic (exact) mass is 814 g/mol. The van der Waals surface area contributed by atoms with Crippen molar-refractivity contribution in [1.82, 2.24) is 9.13 Å². The Morgan fingerprint density at radius 1 is 0.508 bits per heavy atom. The molecule has 9 aromatic rings. The highest BCUT2D eigenvalue weighted by atomic mass is 15.0. The van der Waals surface area contributed by atoms with E-state index in [1.165, 1.54) is 143 Å². The normalized spacial score (nSPS) is 21.9. The first-order chi connectivity index (χ1) is 30.4. The smallest absolute Gasteiger partial charge is 0.253 e. The van der Waals surface area contributed by atoms with Gasteiger partial charge in [0, 0.05) is 38.6 Å². The van der Waals surface area contributed by atoms with Crippen LogP contribution in [0.15, 0.2) is 133 Å². The molecule has 3 heteroatoms. The summed E-state index contributed by atoms with van der Waals surface area (Å²) >= 11 is 0. The Hall–Kier alpha value is -5.80. The fourth-order valence-electron chi connectivity index (χ4n) is 14.5. The van der Waals surface area contributed by atoms with E-state index in [0.29, 0.717) is 0 Å². The molecule has 4 saturated carbocycles. The van der Waals surface area contributed by atoms with Crippen LogP contribution in [0.3, 0.4) is 0 Å². The average molecular weight is 815 g/mol. The third-order valence-electron chi connectivity index (χ3n) is 16.9. The van der Waals surface area contributed by atoms with Gasteiger partial charge in [0.25, 0.3) is 6.71 Å². The van der Waals surface area contributed by atoms with Crippen LogP contribution in [0.2, 0.25) is 0 Å². The molecule has 2 aromatic heterocycles. The van der Waals surface area contributed by atoms with Crippen molar-refractivity contribution in [3.05, 3.63) is 150 Å². The summed E-state index contributed by atoms with van der Waals surface area (Å²) in [5, 5.41) is 6.82. The van der Waals surface area contributed by atoms with Gasteiger partial charge in [-0.1, -0.05) is 139 Å². The number of fused-ring (bicyclic) bond motifs is 9. The predicted molar refractivity (Wildman–Crippen MR) is 268 cm³/mol. The number of aromatic nitrogens is 2. The molecule has 15 rings (SSSR count). The van der Waals surface area contributed by atoms with Crippen LogP contribution in [0.1, 0.15) is 96.8 Å². The molecule has 0 spiro atoms. The van der Waals surface area contributed by atoms with E-state index in [-0.39, 0.29) is 23.0 Å². The van der Waals surface area contributed by atoms with E-state index >= 15 is 0 Å². The lowest BCUT2D eigenvalue weighted by molar-refractivity contribution is -0.00518. The van der Waals surface area contributed by atoms with E-state index in [1.807, 2.05) is 0 Å². The van der Waals surface area contributed by atoms with E-state index in [9.17, 15) is 0 Å². The summed E-state index contributed by atoms with van der Waals surface area (Å²) in [5.74, 6) is 2.58. The zero-order valence-electron chi connectivity index (χ0n) is 37.6. The molecule has 0 atom stereocenters. The highest BCUT2D eigenvalue weighted by Crippen LogP contribution is 2.61. The Kier molecular flexibility index (Phi) is 7.13. The van der Waals surface area contributed by atoms with Gasteiger partial charge in [-0.3, -0.25) is 0 Å². The highest BCUT2D eigenvalue weighted by Gasteiger charge is 2.53. The van der Waals surface area contributed by atoms with Crippen molar-refractivity contribution in [3.8, 4) is 33.8 Å². The van der Waals surface area contributed by atoms with Gasteiger partial charge in [-0.2, -0.15) is 0 Å². The minimum Gasteiger partial charge on any atom is -0.310 e. The molecule has 2 nitrogen and oxygen atoms in total. The minimum atomic E-state index is -0.0316. The topological polar surface area (TPSA) is 9.86 Å². The van der Waals surface area contributed by atoms with Crippen molar-refractivity contribution in [2.24, 2.45) is 17.8 Å².